The number of rotatable bonds is 3. The van der Waals surface area contributed by atoms with E-state index in [0.29, 0.717) is 12.0 Å². The molecular weight excluding hydrogens is 206 g/mol. The van der Waals surface area contributed by atoms with E-state index in [2.05, 4.69) is 38.1 Å². The summed E-state index contributed by atoms with van der Waals surface area (Å²) in [4.78, 5) is 0. The van der Waals surface area contributed by atoms with E-state index in [-0.39, 0.29) is 0 Å². The lowest BCUT2D eigenvalue weighted by Crippen LogP contribution is -2.37. The van der Waals surface area contributed by atoms with Gasteiger partial charge in [0.15, 0.2) is 0 Å². The third kappa shape index (κ3) is 3.32. The van der Waals surface area contributed by atoms with Crippen LogP contribution in [0.5, 0.6) is 0 Å². The third-order valence-corrected chi connectivity index (χ3v) is 4.31. The van der Waals surface area contributed by atoms with E-state index >= 15 is 0 Å². The first-order valence-electron chi connectivity index (χ1n) is 7.00. The van der Waals surface area contributed by atoms with Crippen molar-refractivity contribution in [2.75, 3.05) is 0 Å². The van der Waals surface area contributed by atoms with Crippen molar-refractivity contribution in [3.05, 3.63) is 35.4 Å². The van der Waals surface area contributed by atoms with Gasteiger partial charge >= 0.3 is 0 Å². The van der Waals surface area contributed by atoms with Crippen molar-refractivity contribution >= 4 is 0 Å². The minimum atomic E-state index is 0.415. The molecule has 0 spiro atoms. The van der Waals surface area contributed by atoms with Crippen LogP contribution in [0.15, 0.2) is 24.3 Å². The Labute approximate surface area is 105 Å². The van der Waals surface area contributed by atoms with E-state index in [1.165, 1.54) is 43.2 Å². The zero-order valence-corrected chi connectivity index (χ0v) is 11.2. The summed E-state index contributed by atoms with van der Waals surface area (Å²) in [5.41, 5.74) is 9.10. The minimum Gasteiger partial charge on any atom is -0.327 e. The highest BCUT2D eigenvalue weighted by atomic mass is 14.7. The van der Waals surface area contributed by atoms with Crippen LogP contribution in [0.25, 0.3) is 0 Å². The fourth-order valence-corrected chi connectivity index (χ4v) is 3.13. The second-order valence-electron chi connectivity index (χ2n) is 5.70. The summed E-state index contributed by atoms with van der Waals surface area (Å²) in [6.07, 6.45) is 6.36. The number of benzene rings is 1. The fourth-order valence-electron chi connectivity index (χ4n) is 3.13. The van der Waals surface area contributed by atoms with Crippen molar-refractivity contribution in [1.82, 2.24) is 0 Å². The van der Waals surface area contributed by atoms with Gasteiger partial charge in [-0.3, -0.25) is 0 Å². The zero-order chi connectivity index (χ0) is 12.3. The van der Waals surface area contributed by atoms with Gasteiger partial charge in [-0.15, -0.1) is 0 Å². The van der Waals surface area contributed by atoms with Crippen molar-refractivity contribution in [3.8, 4) is 0 Å². The lowest BCUT2D eigenvalue weighted by Gasteiger charge is -2.34. The summed E-state index contributed by atoms with van der Waals surface area (Å²) >= 11 is 0. The maximum Gasteiger partial charge on any atom is 0.00705 e. The Bertz CT molecular complexity index is 358. The quantitative estimate of drug-likeness (QED) is 0.843. The van der Waals surface area contributed by atoms with Crippen LogP contribution in [-0.4, -0.2) is 6.04 Å². The molecule has 1 aliphatic rings. The van der Waals surface area contributed by atoms with Crippen LogP contribution in [0.4, 0.5) is 0 Å². The molecule has 1 fully saturated rings. The van der Waals surface area contributed by atoms with E-state index < -0.39 is 0 Å². The highest BCUT2D eigenvalue weighted by Crippen LogP contribution is 2.32. The van der Waals surface area contributed by atoms with Crippen LogP contribution >= 0.6 is 0 Å². The average Bonchev–Trinajstić information content (AvgIpc) is 2.32. The van der Waals surface area contributed by atoms with Gasteiger partial charge in [0.25, 0.3) is 0 Å². The Morgan fingerprint density at radius 2 is 2.12 bits per heavy atom. The van der Waals surface area contributed by atoms with E-state index in [1.54, 1.807) is 0 Å². The van der Waals surface area contributed by atoms with Crippen LogP contribution in [-0.2, 0) is 6.42 Å². The molecule has 1 aromatic rings. The van der Waals surface area contributed by atoms with Crippen LogP contribution in [0.3, 0.4) is 0 Å². The van der Waals surface area contributed by atoms with Gasteiger partial charge in [-0.05, 0) is 50.0 Å². The molecular formula is C16H25N. The molecule has 3 atom stereocenters. The Balaban J connectivity index is 2.01. The van der Waals surface area contributed by atoms with Crippen LogP contribution < -0.4 is 5.73 Å². The molecule has 17 heavy (non-hydrogen) atoms. The van der Waals surface area contributed by atoms with Crippen molar-refractivity contribution < 1.29 is 0 Å². The van der Waals surface area contributed by atoms with Gasteiger partial charge in [0.05, 0.1) is 0 Å². The standard InChI is InChI=1S/C16H25N/c1-3-13-7-8-16(17)15(10-13)11-14-6-4-5-12(2)9-14/h4-6,9,13,15-16H,3,7-8,10-11,17H2,1-2H3. The van der Waals surface area contributed by atoms with Gasteiger partial charge in [0, 0.05) is 6.04 Å². The van der Waals surface area contributed by atoms with Crippen LogP contribution in [0.2, 0.25) is 0 Å². The summed E-state index contributed by atoms with van der Waals surface area (Å²) in [5.74, 6) is 1.60. The molecule has 3 unspecified atom stereocenters. The van der Waals surface area contributed by atoms with E-state index in [9.17, 15) is 0 Å². The molecule has 1 nitrogen and oxygen atoms in total. The highest BCUT2D eigenvalue weighted by Gasteiger charge is 2.27. The van der Waals surface area contributed by atoms with Gasteiger partial charge in [-0.2, -0.15) is 0 Å². The van der Waals surface area contributed by atoms with Crippen molar-refractivity contribution in [2.45, 2.75) is 52.0 Å². The van der Waals surface area contributed by atoms with Crippen molar-refractivity contribution in [1.29, 1.82) is 0 Å². The third-order valence-electron chi connectivity index (χ3n) is 4.31. The molecule has 1 heteroatoms. The molecule has 0 heterocycles. The molecule has 0 bridgehead atoms. The Morgan fingerprint density at radius 1 is 1.29 bits per heavy atom. The van der Waals surface area contributed by atoms with Gasteiger partial charge in [0.2, 0.25) is 0 Å². The topological polar surface area (TPSA) is 26.0 Å². The first-order chi connectivity index (χ1) is 8.19. The molecule has 1 saturated carbocycles. The first-order valence-corrected chi connectivity index (χ1v) is 7.00. The number of nitrogens with two attached hydrogens (primary N) is 1. The second kappa shape index (κ2) is 5.68. The van der Waals surface area contributed by atoms with Crippen LogP contribution in [0, 0.1) is 18.8 Å². The maximum absolute atomic E-state index is 6.28. The smallest absolute Gasteiger partial charge is 0.00705 e. The number of aryl methyl sites for hydroxylation is 1. The summed E-state index contributed by atoms with van der Waals surface area (Å²) in [6.45, 7) is 4.48. The predicted octanol–water partition coefficient (Wildman–Crippen LogP) is 3.69. The summed E-state index contributed by atoms with van der Waals surface area (Å²) in [5, 5.41) is 0. The van der Waals surface area contributed by atoms with Crippen LogP contribution in [0.1, 0.15) is 43.7 Å². The van der Waals surface area contributed by atoms with E-state index in [0.717, 1.165) is 5.92 Å². The Kier molecular flexibility index (Phi) is 4.22. The predicted molar refractivity (Wildman–Crippen MR) is 74.0 cm³/mol. The summed E-state index contributed by atoms with van der Waals surface area (Å²) < 4.78 is 0. The van der Waals surface area contributed by atoms with E-state index in [4.69, 9.17) is 5.73 Å². The summed E-state index contributed by atoms with van der Waals surface area (Å²) in [6, 6.07) is 9.30. The van der Waals surface area contributed by atoms with Gasteiger partial charge in [-0.25, -0.2) is 0 Å². The monoisotopic (exact) mass is 231 g/mol. The van der Waals surface area contributed by atoms with Crippen molar-refractivity contribution in [3.63, 3.8) is 0 Å². The minimum absolute atomic E-state index is 0.415. The second-order valence-corrected chi connectivity index (χ2v) is 5.70. The molecule has 0 saturated heterocycles. The molecule has 1 aliphatic carbocycles. The Morgan fingerprint density at radius 3 is 2.82 bits per heavy atom. The first kappa shape index (κ1) is 12.6. The van der Waals surface area contributed by atoms with Crippen molar-refractivity contribution in [2.24, 2.45) is 17.6 Å². The molecule has 1 aromatic carbocycles. The molecule has 2 N–H and O–H groups in total. The average molecular weight is 231 g/mol. The number of hydrogen-bond donors (Lipinski definition) is 1. The van der Waals surface area contributed by atoms with Gasteiger partial charge in [0.1, 0.15) is 0 Å². The molecule has 0 radical (unpaired) electrons. The molecule has 0 aliphatic heterocycles. The maximum atomic E-state index is 6.28. The van der Waals surface area contributed by atoms with E-state index in [1.807, 2.05) is 0 Å². The number of hydrogen-bond acceptors (Lipinski definition) is 1. The highest BCUT2D eigenvalue weighted by molar-refractivity contribution is 5.22. The lowest BCUT2D eigenvalue weighted by molar-refractivity contribution is 0.227. The zero-order valence-electron chi connectivity index (χ0n) is 11.2. The molecule has 0 amide bonds. The molecule has 94 valence electrons. The fraction of sp³-hybridized carbons (Fsp3) is 0.625. The Hall–Kier alpha value is -0.820. The molecule has 0 aromatic heterocycles. The molecule has 2 rings (SSSR count). The van der Waals surface area contributed by atoms with Gasteiger partial charge in [-0.1, -0.05) is 43.2 Å². The van der Waals surface area contributed by atoms with Gasteiger partial charge < -0.3 is 5.73 Å². The lowest BCUT2D eigenvalue weighted by atomic mass is 9.75. The summed E-state index contributed by atoms with van der Waals surface area (Å²) in [7, 11) is 0. The SMILES string of the molecule is CCC1CCC(N)C(Cc2cccc(C)c2)C1. The largest absolute Gasteiger partial charge is 0.327 e. The normalized spacial score (nSPS) is 29.2.